The maximum Gasteiger partial charge on any atom is 0.126 e. The fraction of sp³-hybridized carbons (Fsp3) is 0.467. The smallest absolute Gasteiger partial charge is 0.126 e. The van der Waals surface area contributed by atoms with Crippen LogP contribution >= 0.6 is 15.9 Å². The number of nitrogens with one attached hydrogen (secondary N) is 1. The molecule has 1 rings (SSSR count). The van der Waals surface area contributed by atoms with Crippen molar-refractivity contribution >= 4 is 15.9 Å². The van der Waals surface area contributed by atoms with E-state index in [-0.39, 0.29) is 0 Å². The van der Waals surface area contributed by atoms with E-state index >= 15 is 0 Å². The van der Waals surface area contributed by atoms with E-state index < -0.39 is 0 Å². The van der Waals surface area contributed by atoms with Gasteiger partial charge in [0, 0.05) is 16.6 Å². The molecule has 0 atom stereocenters. The number of hydrogen-bond acceptors (Lipinski definition) is 2. The van der Waals surface area contributed by atoms with Crippen molar-refractivity contribution in [1.82, 2.24) is 5.32 Å². The van der Waals surface area contributed by atoms with Crippen LogP contribution in [0, 0.1) is 6.92 Å². The highest BCUT2D eigenvalue weighted by Gasteiger charge is 2.08. The summed E-state index contributed by atoms with van der Waals surface area (Å²) in [6, 6.07) is 4.22. The maximum absolute atomic E-state index is 5.91. The molecule has 18 heavy (non-hydrogen) atoms. The molecule has 0 aliphatic carbocycles. The molecular formula is C15H22BrNO. The Hall–Kier alpha value is -0.800. The Bertz CT molecular complexity index is 390. The first-order valence-electron chi connectivity index (χ1n) is 6.42. The van der Waals surface area contributed by atoms with Crippen molar-refractivity contribution in [3.63, 3.8) is 0 Å². The number of allylic oxidation sites excluding steroid dienone is 1. The summed E-state index contributed by atoms with van der Waals surface area (Å²) in [6.07, 6.45) is 3.94. The van der Waals surface area contributed by atoms with Crippen LogP contribution in [0.1, 0.15) is 30.9 Å². The molecule has 0 aliphatic heterocycles. The summed E-state index contributed by atoms with van der Waals surface area (Å²) >= 11 is 3.54. The Morgan fingerprint density at radius 1 is 1.44 bits per heavy atom. The standard InChI is InChI=1S/C15H22BrNO/c1-4-6-7-8-18-15-12(3)9-14(16)10-13(15)11-17-5-2/h4,9-10,17H,1,5-8,11H2,2-3H3. The molecule has 0 spiro atoms. The van der Waals surface area contributed by atoms with Gasteiger partial charge in [-0.15, -0.1) is 6.58 Å². The fourth-order valence-electron chi connectivity index (χ4n) is 1.80. The second-order valence-electron chi connectivity index (χ2n) is 4.27. The zero-order chi connectivity index (χ0) is 13.4. The van der Waals surface area contributed by atoms with Crippen molar-refractivity contribution in [3.8, 4) is 5.75 Å². The normalized spacial score (nSPS) is 10.4. The third-order valence-electron chi connectivity index (χ3n) is 2.68. The van der Waals surface area contributed by atoms with Gasteiger partial charge in [0.05, 0.1) is 6.61 Å². The first kappa shape index (κ1) is 15.3. The lowest BCUT2D eigenvalue weighted by Gasteiger charge is -2.15. The van der Waals surface area contributed by atoms with E-state index in [9.17, 15) is 0 Å². The van der Waals surface area contributed by atoms with Gasteiger partial charge in [0.15, 0.2) is 0 Å². The molecule has 0 fully saturated rings. The molecule has 3 heteroatoms. The van der Waals surface area contributed by atoms with Crippen molar-refractivity contribution < 1.29 is 4.74 Å². The summed E-state index contributed by atoms with van der Waals surface area (Å²) in [5, 5.41) is 3.34. The molecule has 0 bridgehead atoms. The summed E-state index contributed by atoms with van der Waals surface area (Å²) in [6.45, 7) is 10.5. The van der Waals surface area contributed by atoms with Crippen LogP contribution in [0.4, 0.5) is 0 Å². The molecule has 0 unspecified atom stereocenters. The molecule has 0 aromatic heterocycles. The lowest BCUT2D eigenvalue weighted by molar-refractivity contribution is 0.306. The molecular weight excluding hydrogens is 290 g/mol. The molecule has 0 amide bonds. The van der Waals surface area contributed by atoms with E-state index in [1.165, 1.54) is 11.1 Å². The maximum atomic E-state index is 5.91. The quantitative estimate of drug-likeness (QED) is 0.573. The number of ether oxygens (including phenoxy) is 1. The summed E-state index contributed by atoms with van der Waals surface area (Å²) in [4.78, 5) is 0. The Labute approximate surface area is 119 Å². The van der Waals surface area contributed by atoms with Crippen LogP contribution in [-0.4, -0.2) is 13.2 Å². The average molecular weight is 312 g/mol. The minimum absolute atomic E-state index is 0.744. The number of rotatable bonds is 8. The third-order valence-corrected chi connectivity index (χ3v) is 3.14. The molecule has 1 aromatic carbocycles. The third kappa shape index (κ3) is 4.83. The molecule has 0 saturated heterocycles. The van der Waals surface area contributed by atoms with Gasteiger partial charge in [-0.3, -0.25) is 0 Å². The second kappa shape index (κ2) is 8.33. The molecule has 0 aliphatic rings. The lowest BCUT2D eigenvalue weighted by Crippen LogP contribution is -2.13. The zero-order valence-electron chi connectivity index (χ0n) is 11.3. The SMILES string of the molecule is C=CCCCOc1c(C)cc(Br)cc1CNCC. The van der Waals surface area contributed by atoms with E-state index in [1.807, 2.05) is 6.08 Å². The first-order chi connectivity index (χ1) is 8.69. The summed E-state index contributed by atoms with van der Waals surface area (Å²) in [5.74, 6) is 1.02. The number of hydrogen-bond donors (Lipinski definition) is 1. The average Bonchev–Trinajstić information content (AvgIpc) is 2.34. The van der Waals surface area contributed by atoms with Crippen molar-refractivity contribution in [2.75, 3.05) is 13.2 Å². The Morgan fingerprint density at radius 2 is 2.22 bits per heavy atom. The van der Waals surface area contributed by atoms with Crippen LogP contribution in [-0.2, 0) is 6.54 Å². The highest BCUT2D eigenvalue weighted by Crippen LogP contribution is 2.28. The minimum Gasteiger partial charge on any atom is -0.493 e. The molecule has 0 heterocycles. The number of unbranched alkanes of at least 4 members (excludes halogenated alkanes) is 1. The van der Waals surface area contributed by atoms with Crippen molar-refractivity contribution in [2.45, 2.75) is 33.2 Å². The Balaban J connectivity index is 2.75. The second-order valence-corrected chi connectivity index (χ2v) is 5.19. The van der Waals surface area contributed by atoms with Crippen molar-refractivity contribution in [3.05, 3.63) is 40.4 Å². The summed E-state index contributed by atoms with van der Waals surface area (Å²) in [7, 11) is 0. The predicted molar refractivity (Wildman–Crippen MR) is 81.2 cm³/mol. The van der Waals surface area contributed by atoms with Crippen molar-refractivity contribution in [2.24, 2.45) is 0 Å². The molecule has 2 nitrogen and oxygen atoms in total. The monoisotopic (exact) mass is 311 g/mol. The largest absolute Gasteiger partial charge is 0.493 e. The van der Waals surface area contributed by atoms with E-state index in [0.717, 1.165) is 42.8 Å². The van der Waals surface area contributed by atoms with Crippen LogP contribution in [0.25, 0.3) is 0 Å². The van der Waals surface area contributed by atoms with Gasteiger partial charge in [-0.25, -0.2) is 0 Å². The van der Waals surface area contributed by atoms with E-state index in [2.05, 4.69) is 53.8 Å². The molecule has 0 radical (unpaired) electrons. The number of benzene rings is 1. The van der Waals surface area contributed by atoms with E-state index in [0.29, 0.717) is 0 Å². The number of halogens is 1. The van der Waals surface area contributed by atoms with E-state index in [4.69, 9.17) is 4.74 Å². The Kier molecular flexibility index (Phi) is 7.06. The van der Waals surface area contributed by atoms with Gasteiger partial charge >= 0.3 is 0 Å². The highest BCUT2D eigenvalue weighted by atomic mass is 79.9. The lowest BCUT2D eigenvalue weighted by atomic mass is 10.1. The van der Waals surface area contributed by atoms with Gasteiger partial charge in [-0.1, -0.05) is 28.9 Å². The van der Waals surface area contributed by atoms with Gasteiger partial charge in [0.1, 0.15) is 5.75 Å². The van der Waals surface area contributed by atoms with Crippen LogP contribution in [0.2, 0.25) is 0 Å². The predicted octanol–water partition coefficient (Wildman–Crippen LogP) is 4.21. The van der Waals surface area contributed by atoms with Gasteiger partial charge < -0.3 is 10.1 Å². The summed E-state index contributed by atoms with van der Waals surface area (Å²) in [5.41, 5.74) is 2.39. The Morgan fingerprint density at radius 3 is 2.89 bits per heavy atom. The van der Waals surface area contributed by atoms with E-state index in [1.54, 1.807) is 0 Å². The zero-order valence-corrected chi connectivity index (χ0v) is 12.8. The molecule has 1 N–H and O–H groups in total. The number of aryl methyl sites for hydroxylation is 1. The van der Waals surface area contributed by atoms with Gasteiger partial charge in [-0.2, -0.15) is 0 Å². The molecule has 100 valence electrons. The molecule has 1 aromatic rings. The van der Waals surface area contributed by atoms with Crippen LogP contribution in [0.15, 0.2) is 29.3 Å². The highest BCUT2D eigenvalue weighted by molar-refractivity contribution is 9.10. The van der Waals surface area contributed by atoms with Crippen molar-refractivity contribution in [1.29, 1.82) is 0 Å². The topological polar surface area (TPSA) is 21.3 Å². The van der Waals surface area contributed by atoms with Gasteiger partial charge in [0.25, 0.3) is 0 Å². The fourth-order valence-corrected chi connectivity index (χ4v) is 2.42. The van der Waals surface area contributed by atoms with Gasteiger partial charge in [0.2, 0.25) is 0 Å². The van der Waals surface area contributed by atoms with Crippen LogP contribution < -0.4 is 10.1 Å². The van der Waals surface area contributed by atoms with Gasteiger partial charge in [-0.05, 0) is 44.0 Å². The van der Waals surface area contributed by atoms with Crippen LogP contribution in [0.5, 0.6) is 5.75 Å². The summed E-state index contributed by atoms with van der Waals surface area (Å²) < 4.78 is 7.02. The minimum atomic E-state index is 0.744. The van der Waals surface area contributed by atoms with Crippen LogP contribution in [0.3, 0.4) is 0 Å². The molecule has 0 saturated carbocycles. The first-order valence-corrected chi connectivity index (χ1v) is 7.21.